The van der Waals surface area contributed by atoms with Crippen LogP contribution in [0.5, 0.6) is 34.5 Å². The van der Waals surface area contributed by atoms with E-state index in [0.717, 1.165) is 56.2 Å². The number of fused-ring (bicyclic) bond motifs is 2. The van der Waals surface area contributed by atoms with Crippen LogP contribution in [0.15, 0.2) is 75.6 Å². The lowest BCUT2D eigenvalue weighted by molar-refractivity contribution is 0.287. The number of aromatic nitrogens is 1. The van der Waals surface area contributed by atoms with Crippen molar-refractivity contribution in [2.45, 2.75) is 61.3 Å². The van der Waals surface area contributed by atoms with Crippen molar-refractivity contribution >= 4 is 34.1 Å². The van der Waals surface area contributed by atoms with Crippen LogP contribution in [0.25, 0.3) is 21.7 Å². The summed E-state index contributed by atoms with van der Waals surface area (Å²) in [5.41, 5.74) is 4.17. The molecule has 2 heterocycles. The minimum Gasteiger partial charge on any atom is -0.507 e. The summed E-state index contributed by atoms with van der Waals surface area (Å²) in [6.07, 6.45) is 5.13. The Bertz CT molecular complexity index is 1980. The number of aryl methyl sites for hydroxylation is 1. The second-order valence-corrected chi connectivity index (χ2v) is 11.5. The van der Waals surface area contributed by atoms with Crippen LogP contribution >= 0.6 is 12.4 Å². The van der Waals surface area contributed by atoms with E-state index in [1.807, 2.05) is 84.1 Å². The molecule has 0 bridgehead atoms. The number of allylic oxidation sites excluding steroid dienone is 2. The van der Waals surface area contributed by atoms with Crippen molar-refractivity contribution in [1.82, 2.24) is 4.98 Å². The zero-order chi connectivity index (χ0) is 35.5. The molecule has 2 aromatic heterocycles. The number of phenols is 1. The normalized spacial score (nSPS) is 10.5. The molecule has 0 aliphatic carbocycles. The Morgan fingerprint density at radius 2 is 1.44 bits per heavy atom. The highest BCUT2D eigenvalue weighted by Gasteiger charge is 2.17. The average molecular weight is 706 g/mol. The van der Waals surface area contributed by atoms with Gasteiger partial charge >= 0.3 is 0 Å². The van der Waals surface area contributed by atoms with Gasteiger partial charge < -0.3 is 33.2 Å². The van der Waals surface area contributed by atoms with Gasteiger partial charge in [-0.05, 0) is 96.2 Å². The number of ether oxygens (including phenoxy) is 5. The second-order valence-electron chi connectivity index (χ2n) is 11.5. The van der Waals surface area contributed by atoms with Crippen LogP contribution in [0, 0.1) is 6.92 Å². The first-order valence-corrected chi connectivity index (χ1v) is 16.7. The molecule has 5 rings (SSSR count). The summed E-state index contributed by atoms with van der Waals surface area (Å²) in [6.45, 7) is 16.0. The fourth-order valence-electron chi connectivity index (χ4n) is 5.46. The van der Waals surface area contributed by atoms with Crippen LogP contribution < -0.4 is 29.1 Å². The quantitative estimate of drug-likeness (QED) is 0.120. The molecule has 0 aliphatic heterocycles. The lowest BCUT2D eigenvalue weighted by Gasteiger charge is -2.15. The summed E-state index contributed by atoms with van der Waals surface area (Å²) < 4.78 is 34.0. The van der Waals surface area contributed by atoms with E-state index in [2.05, 4.69) is 11.1 Å². The zero-order valence-electron chi connectivity index (χ0n) is 30.2. The number of hydrogen-bond acceptors (Lipinski definition) is 9. The maximum absolute atomic E-state index is 12.0. The van der Waals surface area contributed by atoms with Crippen LogP contribution in [0.1, 0.15) is 64.1 Å². The Morgan fingerprint density at radius 3 is 2.06 bits per heavy atom. The molecule has 0 spiro atoms. The minimum absolute atomic E-state index is 0. The van der Waals surface area contributed by atoms with E-state index in [1.165, 1.54) is 19.2 Å². The number of hydrogen-bond donors (Lipinski definition) is 1. The molecule has 0 saturated carbocycles. The van der Waals surface area contributed by atoms with Crippen molar-refractivity contribution in [3.63, 3.8) is 0 Å². The van der Waals surface area contributed by atoms with Crippen molar-refractivity contribution in [2.75, 3.05) is 33.5 Å². The van der Waals surface area contributed by atoms with Gasteiger partial charge in [0.1, 0.15) is 28.2 Å². The molecule has 0 unspecified atom stereocenters. The topological polar surface area (TPSA) is 109 Å². The number of halogens is 1. The molecule has 10 heteroatoms. The van der Waals surface area contributed by atoms with Crippen molar-refractivity contribution in [3.8, 4) is 34.5 Å². The summed E-state index contributed by atoms with van der Waals surface area (Å²) >= 11 is 0. The molecule has 3 aromatic carbocycles. The van der Waals surface area contributed by atoms with Crippen LogP contribution in [0.3, 0.4) is 0 Å². The smallest absolute Gasteiger partial charge is 0.196 e. The third-order valence-electron chi connectivity index (χ3n) is 7.59. The van der Waals surface area contributed by atoms with Crippen molar-refractivity contribution in [3.05, 3.63) is 99.2 Å². The number of pyridine rings is 1. The first-order valence-electron chi connectivity index (χ1n) is 16.7. The number of benzene rings is 3. The summed E-state index contributed by atoms with van der Waals surface area (Å²) in [6, 6.07) is 15.0. The Hall–Kier alpha value is -4.89. The summed E-state index contributed by atoms with van der Waals surface area (Å²) in [7, 11) is 1.53. The fourth-order valence-corrected chi connectivity index (χ4v) is 5.46. The van der Waals surface area contributed by atoms with E-state index in [4.69, 9.17) is 28.1 Å². The van der Waals surface area contributed by atoms with Gasteiger partial charge in [-0.25, -0.2) is 0 Å². The molecule has 5 aromatic rings. The molecule has 0 saturated heterocycles. The standard InChI is InChI=1S/C24H29NO4.C16H18O4.ClH/c1-5-26-21-10-9-17(14-22(21)27-6-2)13-20-19-16-24(29-8-4)23(28-7-3)15-18(19)11-12-25-20;1-9(2)5-6-11-14(19-4)8-13(18)15-12(17)7-10(3)20-16(11)15;/h9-12,14-16H,5-8,13H2,1-4H3;5,7-8,18H,6H2,1-4H3;1H. The van der Waals surface area contributed by atoms with Crippen molar-refractivity contribution < 1.29 is 33.2 Å². The molecule has 0 amide bonds. The van der Waals surface area contributed by atoms with Crippen LogP contribution in [0.4, 0.5) is 0 Å². The van der Waals surface area contributed by atoms with Gasteiger partial charge in [0.25, 0.3) is 0 Å². The zero-order valence-corrected chi connectivity index (χ0v) is 31.0. The number of methoxy groups -OCH3 is 1. The summed E-state index contributed by atoms with van der Waals surface area (Å²) in [4.78, 5) is 16.7. The van der Waals surface area contributed by atoms with Gasteiger partial charge in [-0.2, -0.15) is 0 Å². The van der Waals surface area contributed by atoms with Gasteiger partial charge in [0.2, 0.25) is 0 Å². The van der Waals surface area contributed by atoms with Crippen molar-refractivity contribution in [2.24, 2.45) is 0 Å². The largest absolute Gasteiger partial charge is 0.507 e. The molecule has 0 fully saturated rings. The third kappa shape index (κ3) is 9.63. The van der Waals surface area contributed by atoms with E-state index in [9.17, 15) is 9.90 Å². The highest BCUT2D eigenvalue weighted by atomic mass is 35.5. The van der Waals surface area contributed by atoms with Gasteiger partial charge in [0.15, 0.2) is 28.4 Å². The Morgan fingerprint density at radius 1 is 0.820 bits per heavy atom. The van der Waals surface area contributed by atoms with Crippen LogP contribution in [0.2, 0.25) is 0 Å². The van der Waals surface area contributed by atoms with Crippen LogP contribution in [-0.2, 0) is 12.8 Å². The molecule has 0 aliphatic rings. The summed E-state index contributed by atoms with van der Waals surface area (Å²) in [5, 5.41) is 12.3. The molecular weight excluding hydrogens is 658 g/mol. The molecule has 268 valence electrons. The maximum atomic E-state index is 12.0. The average Bonchev–Trinajstić information content (AvgIpc) is 3.06. The number of phenolic OH excluding ortho intramolecular Hbond substituents is 1. The van der Waals surface area contributed by atoms with Gasteiger partial charge in [-0.1, -0.05) is 17.7 Å². The highest BCUT2D eigenvalue weighted by Crippen LogP contribution is 2.36. The predicted octanol–water partition coefficient (Wildman–Crippen LogP) is 9.17. The highest BCUT2D eigenvalue weighted by molar-refractivity contribution is 5.89. The van der Waals surface area contributed by atoms with Gasteiger partial charge in [0, 0.05) is 35.7 Å². The number of nitrogens with zero attached hydrogens (tertiary/aromatic N) is 1. The van der Waals surface area contributed by atoms with Crippen molar-refractivity contribution in [1.29, 1.82) is 0 Å². The number of rotatable bonds is 13. The van der Waals surface area contributed by atoms with E-state index < -0.39 is 0 Å². The van der Waals surface area contributed by atoms with Gasteiger partial charge in [-0.15, -0.1) is 12.4 Å². The second kappa shape index (κ2) is 18.8. The first-order chi connectivity index (χ1) is 23.6. The Labute approximate surface area is 300 Å². The SMILES string of the molecule is CCOc1ccc(Cc2nccc3cc(OCC)c(OCC)cc23)cc1OCC.COc1cc(O)c2c(=O)cc(C)oc2c1CC=C(C)C.Cl. The molecule has 1 N–H and O–H groups in total. The van der Waals surface area contributed by atoms with E-state index >= 15 is 0 Å². The first kappa shape index (κ1) is 39.5. The Balaban J connectivity index is 0.000000283. The molecule has 9 nitrogen and oxygen atoms in total. The predicted molar refractivity (Wildman–Crippen MR) is 201 cm³/mol. The third-order valence-corrected chi connectivity index (χ3v) is 7.59. The van der Waals surface area contributed by atoms with Gasteiger partial charge in [-0.3, -0.25) is 9.78 Å². The van der Waals surface area contributed by atoms with Gasteiger partial charge in [0.05, 0.1) is 39.2 Å². The maximum Gasteiger partial charge on any atom is 0.196 e. The van der Waals surface area contributed by atoms with E-state index in [0.29, 0.717) is 56.4 Å². The lowest BCUT2D eigenvalue weighted by atomic mass is 10.0. The lowest BCUT2D eigenvalue weighted by Crippen LogP contribution is -2.04. The minimum atomic E-state index is -0.248. The molecular formula is C40H48ClNO8. The molecule has 0 radical (unpaired) electrons. The molecule has 0 atom stereocenters. The number of aromatic hydroxyl groups is 1. The molecule has 50 heavy (non-hydrogen) atoms. The Kier molecular flexibility index (Phi) is 14.8. The van der Waals surface area contributed by atoms with E-state index in [-0.39, 0.29) is 29.0 Å². The monoisotopic (exact) mass is 705 g/mol. The summed E-state index contributed by atoms with van der Waals surface area (Å²) in [5.74, 6) is 3.95. The van der Waals surface area contributed by atoms with Crippen LogP contribution in [-0.4, -0.2) is 43.6 Å². The fraction of sp³-hybridized carbons (Fsp3) is 0.350. The van der Waals surface area contributed by atoms with E-state index in [1.54, 1.807) is 6.92 Å².